The van der Waals surface area contributed by atoms with E-state index in [1.54, 1.807) is 0 Å². The van der Waals surface area contributed by atoms with Crippen molar-refractivity contribution in [2.45, 2.75) is 52.9 Å². The Kier molecular flexibility index (Phi) is 3.97. The Morgan fingerprint density at radius 2 is 1.79 bits per heavy atom. The molecule has 0 unspecified atom stereocenters. The lowest BCUT2D eigenvalue weighted by Gasteiger charge is -2.19. The van der Waals surface area contributed by atoms with Crippen LogP contribution in [0.15, 0.2) is 0 Å². The molecule has 1 heterocycles. The van der Waals surface area contributed by atoms with Gasteiger partial charge in [-0.05, 0) is 31.6 Å². The summed E-state index contributed by atoms with van der Waals surface area (Å²) >= 11 is 0. The zero-order valence-electron chi connectivity index (χ0n) is 12.8. The Hall–Kier alpha value is -1.32. The quantitative estimate of drug-likeness (QED) is 0.852. The number of anilines is 2. The van der Waals surface area contributed by atoms with Gasteiger partial charge in [-0.15, -0.1) is 0 Å². The van der Waals surface area contributed by atoms with Crippen LogP contribution in [0.4, 0.5) is 11.6 Å². The Bertz CT molecular complexity index is 444. The highest BCUT2D eigenvalue weighted by Crippen LogP contribution is 2.39. The summed E-state index contributed by atoms with van der Waals surface area (Å²) in [4.78, 5) is 9.31. The first-order valence-corrected chi connectivity index (χ1v) is 7.21. The normalized spacial score (nSPS) is 15.4. The SMILES string of the molecule is CNc1nc(C2CC2)nc(NCCC(C)(C)C)c1C. The van der Waals surface area contributed by atoms with E-state index in [2.05, 4.69) is 43.3 Å². The molecular formula is C15H26N4. The standard InChI is InChI=1S/C15H26N4/c1-10-12(16-5)18-14(11-6-7-11)19-13(10)17-9-8-15(2,3)4/h11H,6-9H2,1-5H3,(H2,16,17,18,19). The molecule has 2 N–H and O–H groups in total. The number of hydrogen-bond donors (Lipinski definition) is 2. The molecule has 1 aromatic rings. The summed E-state index contributed by atoms with van der Waals surface area (Å²) in [7, 11) is 1.92. The van der Waals surface area contributed by atoms with Crippen LogP contribution in [0, 0.1) is 12.3 Å². The second kappa shape index (κ2) is 5.35. The van der Waals surface area contributed by atoms with Crippen molar-refractivity contribution in [2.24, 2.45) is 5.41 Å². The monoisotopic (exact) mass is 262 g/mol. The van der Waals surface area contributed by atoms with Crippen LogP contribution in [-0.2, 0) is 0 Å². The maximum atomic E-state index is 4.70. The van der Waals surface area contributed by atoms with Crippen molar-refractivity contribution >= 4 is 11.6 Å². The van der Waals surface area contributed by atoms with E-state index in [-0.39, 0.29) is 0 Å². The summed E-state index contributed by atoms with van der Waals surface area (Å²) in [5, 5.41) is 6.65. The molecule has 0 saturated heterocycles. The zero-order valence-corrected chi connectivity index (χ0v) is 12.8. The molecular weight excluding hydrogens is 236 g/mol. The van der Waals surface area contributed by atoms with Crippen LogP contribution < -0.4 is 10.6 Å². The Morgan fingerprint density at radius 3 is 2.32 bits per heavy atom. The van der Waals surface area contributed by atoms with Gasteiger partial charge >= 0.3 is 0 Å². The number of rotatable bonds is 5. The van der Waals surface area contributed by atoms with Gasteiger partial charge in [-0.1, -0.05) is 20.8 Å². The van der Waals surface area contributed by atoms with Gasteiger partial charge in [0.25, 0.3) is 0 Å². The molecule has 4 nitrogen and oxygen atoms in total. The Morgan fingerprint density at radius 1 is 1.16 bits per heavy atom. The summed E-state index contributed by atoms with van der Waals surface area (Å²) in [5.74, 6) is 3.52. The first-order valence-electron chi connectivity index (χ1n) is 7.21. The Balaban J connectivity index is 2.11. The molecule has 0 atom stereocenters. The number of hydrogen-bond acceptors (Lipinski definition) is 4. The number of aromatic nitrogens is 2. The van der Waals surface area contributed by atoms with Crippen molar-refractivity contribution in [3.63, 3.8) is 0 Å². The lowest BCUT2D eigenvalue weighted by Crippen LogP contribution is -2.15. The third-order valence-corrected chi connectivity index (χ3v) is 3.51. The summed E-state index contributed by atoms with van der Waals surface area (Å²) in [6, 6.07) is 0. The van der Waals surface area contributed by atoms with E-state index in [1.807, 2.05) is 7.05 Å². The highest BCUT2D eigenvalue weighted by atomic mass is 15.1. The molecule has 4 heteroatoms. The van der Waals surface area contributed by atoms with Crippen molar-refractivity contribution in [2.75, 3.05) is 24.2 Å². The molecule has 0 radical (unpaired) electrons. The fourth-order valence-electron chi connectivity index (χ4n) is 2.03. The molecule has 1 aromatic heterocycles. The second-order valence-corrected chi connectivity index (χ2v) is 6.67. The van der Waals surface area contributed by atoms with Gasteiger partial charge in [0.15, 0.2) is 0 Å². The van der Waals surface area contributed by atoms with Crippen molar-refractivity contribution in [3.8, 4) is 0 Å². The minimum atomic E-state index is 0.346. The third-order valence-electron chi connectivity index (χ3n) is 3.51. The lowest BCUT2D eigenvalue weighted by molar-refractivity contribution is 0.389. The van der Waals surface area contributed by atoms with Crippen molar-refractivity contribution in [3.05, 3.63) is 11.4 Å². The minimum Gasteiger partial charge on any atom is -0.373 e. The lowest BCUT2D eigenvalue weighted by atomic mass is 9.92. The van der Waals surface area contributed by atoms with Crippen LogP contribution in [0.25, 0.3) is 0 Å². The van der Waals surface area contributed by atoms with Crippen molar-refractivity contribution < 1.29 is 0 Å². The zero-order chi connectivity index (χ0) is 14.0. The van der Waals surface area contributed by atoms with Gasteiger partial charge in [-0.3, -0.25) is 0 Å². The Labute approximate surface area is 116 Å². The summed E-state index contributed by atoms with van der Waals surface area (Å²) < 4.78 is 0. The molecule has 2 rings (SSSR count). The van der Waals surface area contributed by atoms with Crippen LogP contribution in [0.3, 0.4) is 0 Å². The molecule has 0 amide bonds. The van der Waals surface area contributed by atoms with E-state index in [0.29, 0.717) is 11.3 Å². The van der Waals surface area contributed by atoms with Crippen LogP contribution in [0.1, 0.15) is 57.3 Å². The molecule has 0 spiro atoms. The van der Waals surface area contributed by atoms with Gasteiger partial charge in [0, 0.05) is 25.1 Å². The predicted molar refractivity (Wildman–Crippen MR) is 80.9 cm³/mol. The van der Waals surface area contributed by atoms with Gasteiger partial charge in [0.2, 0.25) is 0 Å². The minimum absolute atomic E-state index is 0.346. The van der Waals surface area contributed by atoms with Gasteiger partial charge < -0.3 is 10.6 Å². The van der Waals surface area contributed by atoms with E-state index in [1.165, 1.54) is 12.8 Å². The molecule has 1 saturated carbocycles. The average molecular weight is 262 g/mol. The van der Waals surface area contributed by atoms with Gasteiger partial charge in [-0.25, -0.2) is 9.97 Å². The number of nitrogens with zero attached hydrogens (tertiary/aromatic N) is 2. The van der Waals surface area contributed by atoms with Crippen molar-refractivity contribution in [1.29, 1.82) is 0 Å². The molecule has 0 aliphatic heterocycles. The van der Waals surface area contributed by atoms with Crippen LogP contribution in [-0.4, -0.2) is 23.6 Å². The maximum absolute atomic E-state index is 4.70. The van der Waals surface area contributed by atoms with Gasteiger partial charge in [0.05, 0.1) is 0 Å². The first-order chi connectivity index (χ1) is 8.90. The molecule has 106 valence electrons. The third kappa shape index (κ3) is 3.82. The smallest absolute Gasteiger partial charge is 0.136 e. The topological polar surface area (TPSA) is 49.8 Å². The molecule has 1 aliphatic rings. The van der Waals surface area contributed by atoms with Gasteiger partial charge in [-0.2, -0.15) is 0 Å². The second-order valence-electron chi connectivity index (χ2n) is 6.67. The van der Waals surface area contributed by atoms with E-state index >= 15 is 0 Å². The van der Waals surface area contributed by atoms with Crippen LogP contribution >= 0.6 is 0 Å². The largest absolute Gasteiger partial charge is 0.373 e. The fourth-order valence-corrected chi connectivity index (χ4v) is 2.03. The molecule has 0 bridgehead atoms. The highest BCUT2D eigenvalue weighted by molar-refractivity contribution is 5.57. The predicted octanol–water partition coefficient (Wildman–Crippen LogP) is 3.55. The molecule has 19 heavy (non-hydrogen) atoms. The number of nitrogens with one attached hydrogen (secondary N) is 2. The van der Waals surface area contributed by atoms with E-state index in [9.17, 15) is 0 Å². The summed E-state index contributed by atoms with van der Waals surface area (Å²) in [5.41, 5.74) is 1.46. The molecule has 1 aliphatic carbocycles. The van der Waals surface area contributed by atoms with Crippen LogP contribution in [0.2, 0.25) is 0 Å². The van der Waals surface area contributed by atoms with E-state index in [4.69, 9.17) is 4.98 Å². The average Bonchev–Trinajstić information content (AvgIpc) is 3.13. The van der Waals surface area contributed by atoms with Gasteiger partial charge in [0.1, 0.15) is 17.5 Å². The molecule has 1 fully saturated rings. The first kappa shape index (κ1) is 14.1. The van der Waals surface area contributed by atoms with Crippen molar-refractivity contribution in [1.82, 2.24) is 9.97 Å². The van der Waals surface area contributed by atoms with E-state index < -0.39 is 0 Å². The maximum Gasteiger partial charge on any atom is 0.136 e. The van der Waals surface area contributed by atoms with E-state index in [0.717, 1.165) is 36.0 Å². The molecule has 0 aromatic carbocycles. The fraction of sp³-hybridized carbons (Fsp3) is 0.733. The summed E-state index contributed by atoms with van der Waals surface area (Å²) in [6.45, 7) is 9.80. The summed E-state index contributed by atoms with van der Waals surface area (Å²) in [6.07, 6.45) is 3.59. The highest BCUT2D eigenvalue weighted by Gasteiger charge is 2.28. The van der Waals surface area contributed by atoms with Crippen LogP contribution in [0.5, 0.6) is 0 Å².